The van der Waals surface area contributed by atoms with E-state index >= 15 is 0 Å². The molecule has 1 saturated carbocycles. The van der Waals surface area contributed by atoms with Crippen molar-refractivity contribution in [1.82, 2.24) is 15.1 Å². The molecule has 1 amide bonds. The molecule has 9 heteroatoms. The van der Waals surface area contributed by atoms with E-state index < -0.39 is 17.7 Å². The number of nitrogens with one attached hydrogen (secondary N) is 1. The Kier molecular flexibility index (Phi) is 4.88. The molecule has 150 valence electrons. The van der Waals surface area contributed by atoms with Crippen LogP contribution in [0.2, 0.25) is 0 Å². The number of carbonyl (C=O) groups is 1. The highest BCUT2D eigenvalue weighted by Gasteiger charge is 2.40. The maximum Gasteiger partial charge on any atom is 0.435 e. The van der Waals surface area contributed by atoms with Gasteiger partial charge < -0.3 is 14.8 Å². The van der Waals surface area contributed by atoms with Crippen LogP contribution in [0.15, 0.2) is 36.5 Å². The number of benzene rings is 1. The zero-order valence-electron chi connectivity index (χ0n) is 15.0. The molecule has 6 nitrogen and oxygen atoms in total. The van der Waals surface area contributed by atoms with Gasteiger partial charge in [-0.25, -0.2) is 4.68 Å². The monoisotopic (exact) mass is 395 g/mol. The minimum atomic E-state index is -4.49. The van der Waals surface area contributed by atoms with Crippen LogP contribution in [0.3, 0.4) is 0 Å². The van der Waals surface area contributed by atoms with Crippen molar-refractivity contribution < 1.29 is 27.4 Å². The van der Waals surface area contributed by atoms with Crippen molar-refractivity contribution in [2.24, 2.45) is 0 Å². The predicted octanol–water partition coefficient (Wildman–Crippen LogP) is 3.31. The SMILES string of the molecule is O=C(NC1CCC2(CC1)OCCO2)c1ccc(-n2ccc(C(F)(F)F)n2)cc1. The Morgan fingerprint density at radius 3 is 2.32 bits per heavy atom. The van der Waals surface area contributed by atoms with Crippen molar-refractivity contribution in [3.63, 3.8) is 0 Å². The number of amides is 1. The third kappa shape index (κ3) is 3.90. The molecule has 0 bridgehead atoms. The standard InChI is InChI=1S/C19H20F3N3O3/c20-19(21,22)16-7-10-25(24-16)15-3-1-13(2-4-15)17(26)23-14-5-8-18(9-6-14)27-11-12-28-18/h1-4,7,10,14H,5-6,8-9,11-12H2,(H,23,26). The van der Waals surface area contributed by atoms with E-state index in [0.717, 1.165) is 36.4 Å². The maximum atomic E-state index is 12.7. The van der Waals surface area contributed by atoms with Gasteiger partial charge in [-0.2, -0.15) is 18.3 Å². The van der Waals surface area contributed by atoms with E-state index in [-0.39, 0.29) is 11.9 Å². The fraction of sp³-hybridized carbons (Fsp3) is 0.474. The second-order valence-electron chi connectivity index (χ2n) is 7.05. The fourth-order valence-electron chi connectivity index (χ4n) is 3.64. The zero-order valence-corrected chi connectivity index (χ0v) is 15.0. The number of hydrogen-bond acceptors (Lipinski definition) is 4. The van der Waals surface area contributed by atoms with Crippen molar-refractivity contribution in [1.29, 1.82) is 0 Å². The molecule has 1 aromatic heterocycles. The summed E-state index contributed by atoms with van der Waals surface area (Å²) in [6, 6.07) is 7.25. The van der Waals surface area contributed by atoms with E-state index in [1.165, 1.54) is 6.20 Å². The number of ether oxygens (including phenoxy) is 2. The molecular formula is C19H20F3N3O3. The average Bonchev–Trinajstić information content (AvgIpc) is 3.34. The van der Waals surface area contributed by atoms with Gasteiger partial charge in [0, 0.05) is 30.6 Å². The highest BCUT2D eigenvalue weighted by molar-refractivity contribution is 5.94. The van der Waals surface area contributed by atoms with Gasteiger partial charge in [-0.1, -0.05) is 0 Å². The summed E-state index contributed by atoms with van der Waals surface area (Å²) in [5.74, 6) is -0.681. The van der Waals surface area contributed by atoms with Gasteiger partial charge in [-0.15, -0.1) is 0 Å². The number of hydrogen-bond donors (Lipinski definition) is 1. The summed E-state index contributed by atoms with van der Waals surface area (Å²) in [6.45, 7) is 1.23. The molecule has 1 saturated heterocycles. The maximum absolute atomic E-state index is 12.7. The zero-order chi connectivity index (χ0) is 19.8. The summed E-state index contributed by atoms with van der Waals surface area (Å²) in [7, 11) is 0. The van der Waals surface area contributed by atoms with E-state index in [9.17, 15) is 18.0 Å². The van der Waals surface area contributed by atoms with Crippen LogP contribution in [0, 0.1) is 0 Å². The molecule has 2 aliphatic rings. The summed E-state index contributed by atoms with van der Waals surface area (Å²) < 4.78 is 50.5. The van der Waals surface area contributed by atoms with Gasteiger partial charge in [0.25, 0.3) is 5.91 Å². The largest absolute Gasteiger partial charge is 0.435 e. The topological polar surface area (TPSA) is 65.4 Å². The summed E-state index contributed by atoms with van der Waals surface area (Å²) in [6.07, 6.45) is -0.203. The number of nitrogens with zero attached hydrogens (tertiary/aromatic N) is 2. The van der Waals surface area contributed by atoms with Crippen LogP contribution in [-0.4, -0.2) is 40.7 Å². The third-order valence-electron chi connectivity index (χ3n) is 5.17. The van der Waals surface area contributed by atoms with Crippen LogP contribution in [0.1, 0.15) is 41.7 Å². The Morgan fingerprint density at radius 1 is 1.11 bits per heavy atom. The lowest BCUT2D eigenvalue weighted by atomic mass is 9.90. The Bertz CT molecular complexity index is 832. The van der Waals surface area contributed by atoms with E-state index in [0.29, 0.717) is 24.5 Å². The molecule has 1 aromatic carbocycles. The molecule has 28 heavy (non-hydrogen) atoms. The molecule has 1 aliphatic carbocycles. The summed E-state index contributed by atoms with van der Waals surface area (Å²) in [5, 5.41) is 6.53. The molecule has 2 fully saturated rings. The lowest BCUT2D eigenvalue weighted by Gasteiger charge is -2.35. The van der Waals surface area contributed by atoms with Crippen molar-refractivity contribution in [2.45, 2.75) is 43.7 Å². The van der Waals surface area contributed by atoms with Crippen LogP contribution < -0.4 is 5.32 Å². The minimum Gasteiger partial charge on any atom is -0.349 e. The van der Waals surface area contributed by atoms with Gasteiger partial charge in [0.1, 0.15) is 0 Å². The first kappa shape index (κ1) is 18.9. The van der Waals surface area contributed by atoms with E-state index in [1.807, 2.05) is 0 Å². The van der Waals surface area contributed by atoms with Crippen LogP contribution in [0.4, 0.5) is 13.2 Å². The second-order valence-corrected chi connectivity index (χ2v) is 7.05. The normalized spacial score (nSPS) is 19.8. The number of carbonyl (C=O) groups excluding carboxylic acids is 1. The second kappa shape index (κ2) is 7.21. The van der Waals surface area contributed by atoms with E-state index in [4.69, 9.17) is 9.47 Å². The van der Waals surface area contributed by atoms with Gasteiger partial charge in [0.2, 0.25) is 0 Å². The Labute approximate surface area is 159 Å². The molecule has 2 aromatic rings. The van der Waals surface area contributed by atoms with Crippen LogP contribution in [0.25, 0.3) is 5.69 Å². The van der Waals surface area contributed by atoms with Crippen LogP contribution in [-0.2, 0) is 15.7 Å². The Morgan fingerprint density at radius 2 is 1.75 bits per heavy atom. The lowest BCUT2D eigenvalue weighted by molar-refractivity contribution is -0.179. The summed E-state index contributed by atoms with van der Waals surface area (Å²) in [5.41, 5.74) is -0.0672. The molecule has 0 atom stereocenters. The molecule has 0 unspecified atom stereocenters. The van der Waals surface area contributed by atoms with Crippen LogP contribution >= 0.6 is 0 Å². The van der Waals surface area contributed by atoms with Crippen LogP contribution in [0.5, 0.6) is 0 Å². The van der Waals surface area contributed by atoms with E-state index in [2.05, 4.69) is 10.4 Å². The average molecular weight is 395 g/mol. The molecule has 1 spiro atoms. The number of rotatable bonds is 3. The van der Waals surface area contributed by atoms with Crippen molar-refractivity contribution >= 4 is 5.91 Å². The Hall–Kier alpha value is -2.39. The summed E-state index contributed by atoms with van der Waals surface area (Å²) >= 11 is 0. The molecular weight excluding hydrogens is 375 g/mol. The van der Waals surface area contributed by atoms with E-state index in [1.54, 1.807) is 24.3 Å². The molecule has 4 rings (SSSR count). The van der Waals surface area contributed by atoms with Gasteiger partial charge in [0.05, 0.1) is 18.9 Å². The third-order valence-corrected chi connectivity index (χ3v) is 5.17. The molecule has 1 N–H and O–H groups in total. The van der Waals surface area contributed by atoms with Crippen molar-refractivity contribution in [3.8, 4) is 5.69 Å². The van der Waals surface area contributed by atoms with Crippen molar-refractivity contribution in [3.05, 3.63) is 47.8 Å². The first-order valence-electron chi connectivity index (χ1n) is 9.17. The number of aromatic nitrogens is 2. The van der Waals surface area contributed by atoms with Gasteiger partial charge in [-0.05, 0) is 43.2 Å². The predicted molar refractivity (Wildman–Crippen MR) is 92.9 cm³/mol. The first-order chi connectivity index (χ1) is 13.3. The molecule has 2 heterocycles. The number of alkyl halides is 3. The minimum absolute atomic E-state index is 0.0473. The number of halogens is 3. The quantitative estimate of drug-likeness (QED) is 0.866. The fourth-order valence-corrected chi connectivity index (χ4v) is 3.64. The molecule has 0 radical (unpaired) electrons. The summed E-state index contributed by atoms with van der Waals surface area (Å²) in [4.78, 5) is 12.5. The van der Waals surface area contributed by atoms with Gasteiger partial charge in [-0.3, -0.25) is 4.79 Å². The van der Waals surface area contributed by atoms with Gasteiger partial charge >= 0.3 is 6.18 Å². The van der Waals surface area contributed by atoms with Crippen molar-refractivity contribution in [2.75, 3.05) is 13.2 Å². The lowest BCUT2D eigenvalue weighted by Crippen LogP contribution is -2.44. The first-order valence-corrected chi connectivity index (χ1v) is 9.17. The highest BCUT2D eigenvalue weighted by Crippen LogP contribution is 2.35. The van der Waals surface area contributed by atoms with Gasteiger partial charge in [0.15, 0.2) is 11.5 Å². The smallest absolute Gasteiger partial charge is 0.349 e. The Balaban J connectivity index is 1.36. The molecule has 1 aliphatic heterocycles. The highest BCUT2D eigenvalue weighted by atomic mass is 19.4.